The molecule has 0 unspecified atom stereocenters. The number of rotatable bonds is 6. The van der Waals surface area contributed by atoms with Crippen LogP contribution in [0.3, 0.4) is 0 Å². The third-order valence-corrected chi connectivity index (χ3v) is 3.27. The number of nitriles is 1. The lowest BCUT2D eigenvalue weighted by Gasteiger charge is -2.12. The summed E-state index contributed by atoms with van der Waals surface area (Å²) in [7, 11) is 0. The Morgan fingerprint density at radius 1 is 1.46 bits per heavy atom. The first-order chi connectivity index (χ1) is 11.5. The Labute approximate surface area is 137 Å². The molecule has 0 aliphatic rings. The molecule has 0 atom stereocenters. The molecule has 24 heavy (non-hydrogen) atoms. The van der Waals surface area contributed by atoms with Gasteiger partial charge in [-0.1, -0.05) is 6.92 Å². The topological polar surface area (TPSA) is 137 Å². The molecule has 0 radical (unpaired) electrons. The molecule has 1 amide bonds. The number of aromatic nitrogens is 2. The van der Waals surface area contributed by atoms with Crippen molar-refractivity contribution >= 4 is 23.0 Å². The van der Waals surface area contributed by atoms with E-state index in [4.69, 9.17) is 5.26 Å². The Morgan fingerprint density at radius 2 is 2.21 bits per heavy atom. The summed E-state index contributed by atoms with van der Waals surface area (Å²) in [5.74, 6) is -0.722. The second kappa shape index (κ2) is 7.23. The largest absolute Gasteiger partial charge is 0.383 e. The Hall–Kier alpha value is -3.41. The van der Waals surface area contributed by atoms with Crippen LogP contribution < -0.4 is 10.6 Å². The van der Waals surface area contributed by atoms with Gasteiger partial charge in [-0.2, -0.15) is 10.4 Å². The fourth-order valence-corrected chi connectivity index (χ4v) is 2.12. The van der Waals surface area contributed by atoms with Gasteiger partial charge in [0, 0.05) is 6.54 Å². The van der Waals surface area contributed by atoms with E-state index >= 15 is 0 Å². The lowest BCUT2D eigenvalue weighted by molar-refractivity contribution is -0.385. The normalized spacial score (nSPS) is 10.0. The fraction of sp³-hybridized carbons (Fsp3) is 0.267. The second-order valence-corrected chi connectivity index (χ2v) is 5.06. The number of benzene rings is 1. The molecule has 0 spiro atoms. The minimum atomic E-state index is -0.722. The maximum Gasteiger partial charge on any atom is 0.322 e. The summed E-state index contributed by atoms with van der Waals surface area (Å²) >= 11 is 0. The summed E-state index contributed by atoms with van der Waals surface area (Å²) in [6.07, 6.45) is 0.872. The van der Waals surface area contributed by atoms with Crippen LogP contribution in [0.4, 0.5) is 17.1 Å². The molecule has 0 saturated heterocycles. The van der Waals surface area contributed by atoms with Crippen molar-refractivity contribution in [3.05, 3.63) is 45.3 Å². The maximum absolute atomic E-state index is 12.4. The van der Waals surface area contributed by atoms with Crippen LogP contribution in [0.15, 0.2) is 18.2 Å². The van der Waals surface area contributed by atoms with E-state index in [0.717, 1.165) is 6.42 Å². The van der Waals surface area contributed by atoms with Gasteiger partial charge in [-0.15, -0.1) is 0 Å². The molecular formula is C15H16N6O3. The lowest BCUT2D eigenvalue weighted by atomic mass is 10.1. The quantitative estimate of drug-likeness (QED) is 0.550. The molecule has 3 N–H and O–H groups in total. The van der Waals surface area contributed by atoms with Crippen molar-refractivity contribution in [2.24, 2.45) is 0 Å². The average Bonchev–Trinajstić information content (AvgIpc) is 2.95. The van der Waals surface area contributed by atoms with E-state index in [-0.39, 0.29) is 17.1 Å². The third kappa shape index (κ3) is 3.49. The first kappa shape index (κ1) is 17.0. The van der Waals surface area contributed by atoms with Gasteiger partial charge in [0.05, 0.1) is 27.9 Å². The van der Waals surface area contributed by atoms with Gasteiger partial charge in [-0.05, 0) is 31.5 Å². The molecule has 9 nitrogen and oxygen atoms in total. The van der Waals surface area contributed by atoms with Crippen molar-refractivity contribution in [1.29, 1.82) is 5.26 Å². The molecule has 0 aliphatic heterocycles. The fourth-order valence-electron chi connectivity index (χ4n) is 2.12. The number of hydrogen-bond acceptors (Lipinski definition) is 6. The Bertz CT molecular complexity index is 821. The van der Waals surface area contributed by atoms with Crippen LogP contribution in [0.5, 0.6) is 0 Å². The Kier molecular flexibility index (Phi) is 5.11. The number of anilines is 2. The summed E-state index contributed by atoms with van der Waals surface area (Å²) in [5, 5.41) is 31.9. The highest BCUT2D eigenvalue weighted by molar-refractivity contribution is 6.07. The Balaban J connectivity index is 2.34. The minimum absolute atomic E-state index is 0.195. The van der Waals surface area contributed by atoms with Crippen LogP contribution >= 0.6 is 0 Å². The highest BCUT2D eigenvalue weighted by atomic mass is 16.6. The molecule has 9 heteroatoms. The van der Waals surface area contributed by atoms with E-state index < -0.39 is 10.8 Å². The number of carbonyl (C=O) groups excluding carboxylic acids is 1. The highest BCUT2D eigenvalue weighted by Crippen LogP contribution is 2.26. The molecule has 0 aliphatic carbocycles. The molecule has 124 valence electrons. The van der Waals surface area contributed by atoms with E-state index in [0.29, 0.717) is 23.5 Å². The predicted molar refractivity (Wildman–Crippen MR) is 87.9 cm³/mol. The van der Waals surface area contributed by atoms with Crippen molar-refractivity contribution in [2.45, 2.75) is 20.3 Å². The number of aromatic amines is 1. The van der Waals surface area contributed by atoms with E-state index in [9.17, 15) is 14.9 Å². The number of carbonyl (C=O) groups is 1. The van der Waals surface area contributed by atoms with Crippen LogP contribution in [-0.4, -0.2) is 27.6 Å². The third-order valence-electron chi connectivity index (χ3n) is 3.27. The summed E-state index contributed by atoms with van der Waals surface area (Å²) in [6.45, 7) is 4.13. The number of H-pyrrole nitrogens is 1. The summed E-state index contributed by atoms with van der Waals surface area (Å²) in [6, 6.07) is 6.78. The molecule has 0 bridgehead atoms. The first-order valence-electron chi connectivity index (χ1n) is 7.26. The zero-order chi connectivity index (χ0) is 17.7. The van der Waals surface area contributed by atoms with E-state index in [1.807, 2.05) is 13.0 Å². The first-order valence-corrected chi connectivity index (χ1v) is 7.26. The van der Waals surface area contributed by atoms with Crippen LogP contribution in [0.2, 0.25) is 0 Å². The van der Waals surface area contributed by atoms with E-state index in [2.05, 4.69) is 20.8 Å². The van der Waals surface area contributed by atoms with Crippen molar-refractivity contribution in [2.75, 3.05) is 17.2 Å². The summed E-state index contributed by atoms with van der Waals surface area (Å²) in [4.78, 5) is 22.8. The molecule has 1 aromatic carbocycles. The molecule has 1 aromatic heterocycles. The van der Waals surface area contributed by atoms with Crippen LogP contribution in [0.25, 0.3) is 0 Å². The average molecular weight is 328 g/mol. The second-order valence-electron chi connectivity index (χ2n) is 5.06. The van der Waals surface area contributed by atoms with Crippen molar-refractivity contribution in [1.82, 2.24) is 10.2 Å². The van der Waals surface area contributed by atoms with Crippen molar-refractivity contribution in [3.8, 4) is 6.07 Å². The molecular weight excluding hydrogens is 312 g/mol. The summed E-state index contributed by atoms with van der Waals surface area (Å²) < 4.78 is 0. The number of aryl methyl sites for hydroxylation is 1. The Morgan fingerprint density at radius 3 is 2.83 bits per heavy atom. The molecule has 2 rings (SSSR count). The number of nitrogens with one attached hydrogen (secondary N) is 3. The van der Waals surface area contributed by atoms with Crippen LogP contribution in [0.1, 0.15) is 35.1 Å². The van der Waals surface area contributed by atoms with Crippen LogP contribution in [0, 0.1) is 28.4 Å². The van der Waals surface area contributed by atoms with Gasteiger partial charge in [0.1, 0.15) is 5.69 Å². The van der Waals surface area contributed by atoms with Gasteiger partial charge >= 0.3 is 5.69 Å². The lowest BCUT2D eigenvalue weighted by Crippen LogP contribution is -2.16. The number of nitrogens with zero attached hydrogens (tertiary/aromatic N) is 3. The highest BCUT2D eigenvalue weighted by Gasteiger charge is 2.27. The number of nitro groups is 1. The van der Waals surface area contributed by atoms with Gasteiger partial charge in [-0.25, -0.2) is 0 Å². The van der Waals surface area contributed by atoms with Gasteiger partial charge in [0.25, 0.3) is 5.91 Å². The monoisotopic (exact) mass is 328 g/mol. The van der Waals surface area contributed by atoms with Gasteiger partial charge in [0.15, 0.2) is 0 Å². The van der Waals surface area contributed by atoms with Gasteiger partial charge in [-0.3, -0.25) is 20.0 Å². The molecule has 0 saturated carbocycles. The zero-order valence-corrected chi connectivity index (χ0v) is 13.2. The molecule has 2 aromatic rings. The smallest absolute Gasteiger partial charge is 0.322 e. The maximum atomic E-state index is 12.4. The van der Waals surface area contributed by atoms with Gasteiger partial charge < -0.3 is 10.6 Å². The minimum Gasteiger partial charge on any atom is -0.383 e. The van der Waals surface area contributed by atoms with E-state index in [1.165, 1.54) is 13.0 Å². The SMILES string of the molecule is CCCNc1ccc(C#N)cc1NC(=O)c1n[nH]c(C)c1[N+](=O)[O-]. The zero-order valence-electron chi connectivity index (χ0n) is 13.2. The number of hydrogen-bond donors (Lipinski definition) is 3. The number of amides is 1. The van der Waals surface area contributed by atoms with E-state index in [1.54, 1.807) is 12.1 Å². The van der Waals surface area contributed by atoms with Crippen LogP contribution in [-0.2, 0) is 0 Å². The molecule has 1 heterocycles. The standard InChI is InChI=1S/C15H16N6O3/c1-3-6-17-11-5-4-10(8-16)7-12(11)18-15(22)13-14(21(23)24)9(2)19-20-13/h4-5,7,17H,3,6H2,1-2H3,(H,18,22)(H,19,20). The predicted octanol–water partition coefficient (Wildman–Crippen LogP) is 2.57. The molecule has 0 fully saturated rings. The van der Waals surface area contributed by atoms with Crippen molar-refractivity contribution in [3.63, 3.8) is 0 Å². The van der Waals surface area contributed by atoms with Gasteiger partial charge in [0.2, 0.25) is 5.69 Å². The summed E-state index contributed by atoms with van der Waals surface area (Å²) in [5.41, 5.74) is 0.871. The van der Waals surface area contributed by atoms with Crippen molar-refractivity contribution < 1.29 is 9.72 Å².